The highest BCUT2D eigenvalue weighted by atomic mass is 32.2. The molecule has 1 heterocycles. The quantitative estimate of drug-likeness (QED) is 0.909. The lowest BCUT2D eigenvalue weighted by Crippen LogP contribution is -2.39. The number of hydrogen-bond donors (Lipinski definition) is 1. The summed E-state index contributed by atoms with van der Waals surface area (Å²) in [7, 11) is -1.50. The zero-order valence-electron chi connectivity index (χ0n) is 11.9. The van der Waals surface area contributed by atoms with E-state index >= 15 is 0 Å². The van der Waals surface area contributed by atoms with Crippen LogP contribution in [0.4, 0.5) is 10.1 Å². The fourth-order valence-electron chi connectivity index (χ4n) is 2.37. The Balaban J connectivity index is 1.93. The van der Waals surface area contributed by atoms with Crippen LogP contribution in [0.1, 0.15) is 12.8 Å². The number of piperidine rings is 1. The summed E-state index contributed by atoms with van der Waals surface area (Å²) in [6.07, 6.45) is 1.12. The molecule has 1 aromatic rings. The number of benzene rings is 1. The predicted octanol–water partition coefficient (Wildman–Crippen LogP) is 1.27. The number of carbonyl (C=O) groups excluding carboxylic acids is 1. The van der Waals surface area contributed by atoms with Crippen molar-refractivity contribution in [2.45, 2.75) is 18.1 Å². The number of likely N-dealkylation sites (tertiary alicyclic amines) is 1. The third kappa shape index (κ3) is 4.50. The van der Waals surface area contributed by atoms with Gasteiger partial charge in [0.25, 0.3) is 0 Å². The van der Waals surface area contributed by atoms with Crippen LogP contribution < -0.4 is 5.32 Å². The van der Waals surface area contributed by atoms with Crippen LogP contribution in [0.2, 0.25) is 0 Å². The smallest absolute Gasteiger partial charge is 0.239 e. The molecule has 1 amide bonds. The lowest BCUT2D eigenvalue weighted by Gasteiger charge is -2.28. The first-order chi connectivity index (χ1) is 9.87. The van der Waals surface area contributed by atoms with Gasteiger partial charge in [0.15, 0.2) is 9.84 Å². The van der Waals surface area contributed by atoms with E-state index in [0.29, 0.717) is 18.5 Å². The molecule has 0 radical (unpaired) electrons. The van der Waals surface area contributed by atoms with Crippen molar-refractivity contribution in [2.75, 3.05) is 31.2 Å². The standard InChI is InChI=1S/C14H19FN2O3S/c1-17-8-6-13(7-9-17)21(19,20)10-14(18)16-12-4-2-11(15)3-5-12/h2-5,13H,6-10H2,1H3,(H,16,18). The Kier molecular flexibility index (Phi) is 4.95. The maximum Gasteiger partial charge on any atom is 0.239 e. The van der Waals surface area contributed by atoms with Gasteiger partial charge in [0.2, 0.25) is 5.91 Å². The van der Waals surface area contributed by atoms with Crippen molar-refractivity contribution < 1.29 is 17.6 Å². The summed E-state index contributed by atoms with van der Waals surface area (Å²) in [6, 6.07) is 5.22. The third-order valence-corrected chi connectivity index (χ3v) is 5.79. The Morgan fingerprint density at radius 3 is 2.43 bits per heavy atom. The van der Waals surface area contributed by atoms with Gasteiger partial charge in [0.1, 0.15) is 11.6 Å². The second-order valence-electron chi connectivity index (χ2n) is 5.36. The molecule has 1 N–H and O–H groups in total. The Morgan fingerprint density at radius 1 is 1.29 bits per heavy atom. The highest BCUT2D eigenvalue weighted by molar-refractivity contribution is 7.92. The summed E-state index contributed by atoms with van der Waals surface area (Å²) >= 11 is 0. The minimum atomic E-state index is -3.45. The number of rotatable bonds is 4. The summed E-state index contributed by atoms with van der Waals surface area (Å²) in [5.74, 6) is -1.52. The van der Waals surface area contributed by atoms with E-state index < -0.39 is 32.6 Å². The maximum absolute atomic E-state index is 12.8. The zero-order chi connectivity index (χ0) is 15.5. The average molecular weight is 314 g/mol. The highest BCUT2D eigenvalue weighted by Gasteiger charge is 2.30. The number of carbonyl (C=O) groups is 1. The molecule has 7 heteroatoms. The van der Waals surface area contributed by atoms with Crippen LogP contribution in [0.5, 0.6) is 0 Å². The van der Waals surface area contributed by atoms with Gasteiger partial charge >= 0.3 is 0 Å². The molecule has 0 spiro atoms. The van der Waals surface area contributed by atoms with Crippen molar-refractivity contribution >= 4 is 21.4 Å². The number of nitrogens with one attached hydrogen (secondary N) is 1. The van der Waals surface area contributed by atoms with Crippen LogP contribution in [0.15, 0.2) is 24.3 Å². The molecule has 0 aliphatic carbocycles. The first-order valence-corrected chi connectivity index (χ1v) is 8.54. The molecule has 0 atom stereocenters. The van der Waals surface area contributed by atoms with E-state index in [1.807, 2.05) is 7.05 Å². The van der Waals surface area contributed by atoms with Crippen LogP contribution >= 0.6 is 0 Å². The predicted molar refractivity (Wildman–Crippen MR) is 79.3 cm³/mol. The van der Waals surface area contributed by atoms with Crippen LogP contribution in [-0.2, 0) is 14.6 Å². The van der Waals surface area contributed by atoms with Crippen molar-refractivity contribution in [3.63, 3.8) is 0 Å². The molecule has 2 rings (SSSR count). The van der Waals surface area contributed by atoms with Crippen LogP contribution in [0, 0.1) is 5.82 Å². The summed E-state index contributed by atoms with van der Waals surface area (Å²) < 4.78 is 37.2. The highest BCUT2D eigenvalue weighted by Crippen LogP contribution is 2.18. The first-order valence-electron chi connectivity index (χ1n) is 6.82. The molecule has 116 valence electrons. The summed E-state index contributed by atoms with van der Waals surface area (Å²) in [5, 5.41) is 2.03. The molecule has 1 aliphatic heterocycles. The molecule has 1 fully saturated rings. The fraction of sp³-hybridized carbons (Fsp3) is 0.500. The van der Waals surface area contributed by atoms with Crippen molar-refractivity contribution in [2.24, 2.45) is 0 Å². The van der Waals surface area contributed by atoms with E-state index in [4.69, 9.17) is 0 Å². The molecule has 1 aliphatic rings. The molecule has 1 saturated heterocycles. The van der Waals surface area contributed by atoms with E-state index in [1.165, 1.54) is 24.3 Å². The van der Waals surface area contributed by atoms with E-state index in [2.05, 4.69) is 10.2 Å². The Labute approximate surface area is 124 Å². The van der Waals surface area contributed by atoms with Gasteiger partial charge in [0, 0.05) is 5.69 Å². The van der Waals surface area contributed by atoms with E-state index in [0.717, 1.165) is 13.1 Å². The lowest BCUT2D eigenvalue weighted by molar-refractivity contribution is -0.113. The third-order valence-electron chi connectivity index (χ3n) is 3.63. The van der Waals surface area contributed by atoms with Gasteiger partial charge in [0.05, 0.1) is 5.25 Å². The number of sulfone groups is 1. The number of amides is 1. The van der Waals surface area contributed by atoms with Gasteiger partial charge in [-0.1, -0.05) is 0 Å². The Hall–Kier alpha value is -1.47. The number of nitrogens with zero attached hydrogens (tertiary/aromatic N) is 1. The summed E-state index contributed by atoms with van der Waals surface area (Å²) in [6.45, 7) is 1.45. The molecular weight excluding hydrogens is 295 g/mol. The van der Waals surface area contributed by atoms with Gasteiger partial charge in [-0.3, -0.25) is 4.79 Å². The second kappa shape index (κ2) is 6.53. The summed E-state index contributed by atoms with van der Waals surface area (Å²) in [5.41, 5.74) is 0.389. The van der Waals surface area contributed by atoms with Gasteiger partial charge in [-0.05, 0) is 57.2 Å². The largest absolute Gasteiger partial charge is 0.325 e. The first kappa shape index (κ1) is 15.9. The number of anilines is 1. The Bertz CT molecular complexity index is 593. The van der Waals surface area contributed by atoms with Crippen molar-refractivity contribution in [3.05, 3.63) is 30.1 Å². The van der Waals surface area contributed by atoms with Gasteiger partial charge < -0.3 is 10.2 Å². The minimum Gasteiger partial charge on any atom is -0.325 e. The van der Waals surface area contributed by atoms with E-state index in [9.17, 15) is 17.6 Å². The van der Waals surface area contributed by atoms with Crippen LogP contribution in [0.3, 0.4) is 0 Å². The van der Waals surface area contributed by atoms with E-state index in [-0.39, 0.29) is 0 Å². The molecule has 0 unspecified atom stereocenters. The molecule has 21 heavy (non-hydrogen) atoms. The molecule has 0 aromatic heterocycles. The van der Waals surface area contributed by atoms with Crippen molar-refractivity contribution in [1.29, 1.82) is 0 Å². The molecule has 0 saturated carbocycles. The van der Waals surface area contributed by atoms with Gasteiger partial charge in [-0.15, -0.1) is 0 Å². The van der Waals surface area contributed by atoms with Crippen molar-refractivity contribution in [3.8, 4) is 0 Å². The molecular formula is C14H19FN2O3S. The monoisotopic (exact) mass is 314 g/mol. The molecule has 1 aromatic carbocycles. The lowest BCUT2D eigenvalue weighted by atomic mass is 10.1. The Morgan fingerprint density at radius 2 is 1.86 bits per heavy atom. The zero-order valence-corrected chi connectivity index (χ0v) is 12.7. The van der Waals surface area contributed by atoms with Gasteiger partial charge in [-0.2, -0.15) is 0 Å². The average Bonchev–Trinajstić information content (AvgIpc) is 2.41. The number of hydrogen-bond acceptors (Lipinski definition) is 4. The fourth-order valence-corrected chi connectivity index (χ4v) is 3.98. The van der Waals surface area contributed by atoms with Crippen LogP contribution in [0.25, 0.3) is 0 Å². The maximum atomic E-state index is 12.8. The number of halogens is 1. The van der Waals surface area contributed by atoms with E-state index in [1.54, 1.807) is 0 Å². The summed E-state index contributed by atoms with van der Waals surface area (Å²) in [4.78, 5) is 13.9. The van der Waals surface area contributed by atoms with Crippen LogP contribution in [-0.4, -0.2) is 50.4 Å². The van der Waals surface area contributed by atoms with Crippen molar-refractivity contribution in [1.82, 2.24) is 4.90 Å². The molecule has 0 bridgehead atoms. The normalized spacial score (nSPS) is 17.6. The molecule has 5 nitrogen and oxygen atoms in total. The second-order valence-corrected chi connectivity index (χ2v) is 7.65. The topological polar surface area (TPSA) is 66.5 Å². The van der Waals surface area contributed by atoms with Gasteiger partial charge in [-0.25, -0.2) is 12.8 Å². The minimum absolute atomic E-state index is 0.389. The SMILES string of the molecule is CN1CCC(S(=O)(=O)CC(=O)Nc2ccc(F)cc2)CC1.